The molecule has 1 aliphatic heterocycles. The van der Waals surface area contributed by atoms with E-state index in [0.717, 1.165) is 0 Å². The summed E-state index contributed by atoms with van der Waals surface area (Å²) in [5.74, 6) is -2.23. The van der Waals surface area contributed by atoms with Gasteiger partial charge in [0.2, 0.25) is 0 Å². The first kappa shape index (κ1) is 9.05. The van der Waals surface area contributed by atoms with Gasteiger partial charge in [0.15, 0.2) is 0 Å². The Morgan fingerprint density at radius 1 is 1.15 bits per heavy atom. The summed E-state index contributed by atoms with van der Waals surface area (Å²) in [4.78, 5) is 20.9. The Labute approximate surface area is 73.7 Å². The first-order valence-electron chi connectivity index (χ1n) is 3.43. The van der Waals surface area contributed by atoms with Crippen LogP contribution < -0.4 is 5.32 Å². The normalized spacial score (nSPS) is 15.1. The maximum absolute atomic E-state index is 10.5. The van der Waals surface area contributed by atoms with E-state index in [2.05, 4.69) is 5.32 Å². The molecule has 0 amide bonds. The largest absolute Gasteiger partial charge is 0.478 e. The highest BCUT2D eigenvalue weighted by molar-refractivity contribution is 5.92. The van der Waals surface area contributed by atoms with Crippen molar-refractivity contribution >= 4 is 11.9 Å². The van der Waals surface area contributed by atoms with Gasteiger partial charge in [-0.05, 0) is 18.2 Å². The van der Waals surface area contributed by atoms with Crippen molar-refractivity contribution in [2.45, 2.75) is 0 Å². The number of rotatable bonds is 2. The molecule has 0 aromatic rings. The quantitative estimate of drug-likeness (QED) is 0.561. The van der Waals surface area contributed by atoms with Crippen LogP contribution in [-0.4, -0.2) is 22.2 Å². The molecule has 3 N–H and O–H groups in total. The number of carboxylic acids is 2. The van der Waals surface area contributed by atoms with Crippen molar-refractivity contribution in [1.29, 1.82) is 0 Å². The predicted molar refractivity (Wildman–Crippen MR) is 43.7 cm³/mol. The van der Waals surface area contributed by atoms with Gasteiger partial charge in [-0.15, -0.1) is 0 Å². The molecule has 0 atom stereocenters. The van der Waals surface area contributed by atoms with Gasteiger partial charge in [-0.1, -0.05) is 0 Å². The summed E-state index contributed by atoms with van der Waals surface area (Å²) in [7, 11) is 0. The fourth-order valence-electron chi connectivity index (χ4n) is 0.774. The third kappa shape index (κ3) is 2.19. The lowest BCUT2D eigenvalue weighted by Gasteiger charge is -1.96. The van der Waals surface area contributed by atoms with Crippen LogP contribution in [0.3, 0.4) is 0 Å². The van der Waals surface area contributed by atoms with Crippen LogP contribution in [0.25, 0.3) is 0 Å². The fourth-order valence-corrected chi connectivity index (χ4v) is 0.774. The molecule has 1 rings (SSSR count). The molecule has 0 aromatic carbocycles. The van der Waals surface area contributed by atoms with Gasteiger partial charge >= 0.3 is 11.9 Å². The second kappa shape index (κ2) is 3.57. The van der Waals surface area contributed by atoms with E-state index < -0.39 is 11.9 Å². The van der Waals surface area contributed by atoms with Crippen LogP contribution in [0.1, 0.15) is 0 Å². The smallest absolute Gasteiger partial charge is 0.352 e. The molecule has 5 heteroatoms. The SMILES string of the molecule is O=C(O)C1=CC=C(C(=O)O)NC=C1. The van der Waals surface area contributed by atoms with E-state index in [9.17, 15) is 9.59 Å². The zero-order chi connectivity index (χ0) is 9.84. The van der Waals surface area contributed by atoms with Gasteiger partial charge in [0.25, 0.3) is 0 Å². The molecule has 1 aliphatic rings. The second-order valence-electron chi connectivity index (χ2n) is 2.29. The number of hydrogen-bond acceptors (Lipinski definition) is 3. The number of carboxylic acid groups (broad SMARTS) is 2. The Bertz CT molecular complexity index is 338. The van der Waals surface area contributed by atoms with E-state index in [1.807, 2.05) is 0 Å². The van der Waals surface area contributed by atoms with Crippen LogP contribution in [0.4, 0.5) is 0 Å². The summed E-state index contributed by atoms with van der Waals surface area (Å²) in [5, 5.41) is 19.5. The second-order valence-corrected chi connectivity index (χ2v) is 2.29. The summed E-state index contributed by atoms with van der Waals surface area (Å²) in [6.45, 7) is 0. The molecule has 0 unspecified atom stereocenters. The molecule has 0 aromatic heterocycles. The maximum atomic E-state index is 10.5. The average molecular weight is 181 g/mol. The number of hydrogen-bond donors (Lipinski definition) is 3. The summed E-state index contributed by atoms with van der Waals surface area (Å²) >= 11 is 0. The highest BCUT2D eigenvalue weighted by Crippen LogP contribution is 2.03. The zero-order valence-corrected chi connectivity index (χ0v) is 6.52. The van der Waals surface area contributed by atoms with Gasteiger partial charge in [-0.2, -0.15) is 0 Å². The Morgan fingerprint density at radius 3 is 2.38 bits per heavy atom. The monoisotopic (exact) mass is 181 g/mol. The minimum Gasteiger partial charge on any atom is -0.478 e. The number of nitrogens with one attached hydrogen (secondary N) is 1. The molecule has 5 nitrogen and oxygen atoms in total. The first-order valence-corrected chi connectivity index (χ1v) is 3.43. The number of aliphatic carboxylic acids is 2. The van der Waals surface area contributed by atoms with Crippen molar-refractivity contribution in [2.24, 2.45) is 0 Å². The Morgan fingerprint density at radius 2 is 1.85 bits per heavy atom. The van der Waals surface area contributed by atoms with Crippen LogP contribution in [0.15, 0.2) is 35.7 Å². The van der Waals surface area contributed by atoms with Crippen LogP contribution in [0, 0.1) is 0 Å². The fraction of sp³-hybridized carbons (Fsp3) is 0. The van der Waals surface area contributed by atoms with Crippen molar-refractivity contribution in [2.75, 3.05) is 0 Å². The van der Waals surface area contributed by atoms with E-state index in [1.165, 1.54) is 24.4 Å². The van der Waals surface area contributed by atoms with Gasteiger partial charge in [0, 0.05) is 6.20 Å². The van der Waals surface area contributed by atoms with E-state index in [1.54, 1.807) is 0 Å². The minimum atomic E-state index is -1.13. The lowest BCUT2D eigenvalue weighted by Crippen LogP contribution is -2.13. The van der Waals surface area contributed by atoms with Crippen LogP contribution in [-0.2, 0) is 9.59 Å². The Hall–Kier alpha value is -2.04. The molecule has 0 fully saturated rings. The lowest BCUT2D eigenvalue weighted by atomic mass is 10.2. The molecule has 0 saturated carbocycles. The molecule has 0 aliphatic carbocycles. The van der Waals surface area contributed by atoms with Crippen LogP contribution in [0.5, 0.6) is 0 Å². The van der Waals surface area contributed by atoms with E-state index >= 15 is 0 Å². The van der Waals surface area contributed by atoms with Crippen LogP contribution in [0.2, 0.25) is 0 Å². The van der Waals surface area contributed by atoms with Crippen molar-refractivity contribution in [1.82, 2.24) is 5.32 Å². The van der Waals surface area contributed by atoms with Crippen molar-refractivity contribution in [3.8, 4) is 0 Å². The summed E-state index contributed by atoms with van der Waals surface area (Å²) in [6, 6.07) is 0. The molecule has 0 saturated heterocycles. The summed E-state index contributed by atoms with van der Waals surface area (Å²) < 4.78 is 0. The molecule has 68 valence electrons. The lowest BCUT2D eigenvalue weighted by molar-refractivity contribution is -0.133. The summed E-state index contributed by atoms with van der Waals surface area (Å²) in [5.41, 5.74) is -0.0312. The minimum absolute atomic E-state index is 0.0313. The van der Waals surface area contributed by atoms with Crippen molar-refractivity contribution < 1.29 is 19.8 Å². The summed E-state index contributed by atoms with van der Waals surface area (Å²) in [6.07, 6.45) is 4.98. The van der Waals surface area contributed by atoms with Gasteiger partial charge < -0.3 is 15.5 Å². The van der Waals surface area contributed by atoms with Gasteiger partial charge in [0.1, 0.15) is 5.70 Å². The topological polar surface area (TPSA) is 86.6 Å². The third-order valence-corrected chi connectivity index (χ3v) is 1.41. The Kier molecular flexibility index (Phi) is 2.49. The molecule has 0 spiro atoms. The number of allylic oxidation sites excluding steroid dienone is 2. The molecule has 13 heavy (non-hydrogen) atoms. The molecule has 0 bridgehead atoms. The Balaban J connectivity index is 2.95. The number of carbonyl (C=O) groups is 2. The zero-order valence-electron chi connectivity index (χ0n) is 6.52. The van der Waals surface area contributed by atoms with E-state index in [-0.39, 0.29) is 11.3 Å². The molecule has 0 radical (unpaired) electrons. The highest BCUT2D eigenvalue weighted by atomic mass is 16.4. The third-order valence-electron chi connectivity index (χ3n) is 1.41. The van der Waals surface area contributed by atoms with Crippen molar-refractivity contribution in [3.63, 3.8) is 0 Å². The molecular formula is C8H7NO4. The van der Waals surface area contributed by atoms with Gasteiger partial charge in [0.05, 0.1) is 5.57 Å². The van der Waals surface area contributed by atoms with Gasteiger partial charge in [-0.25, -0.2) is 9.59 Å². The average Bonchev–Trinajstić information content (AvgIpc) is 2.27. The van der Waals surface area contributed by atoms with E-state index in [0.29, 0.717) is 0 Å². The maximum Gasteiger partial charge on any atom is 0.352 e. The molecular weight excluding hydrogens is 174 g/mol. The van der Waals surface area contributed by atoms with Gasteiger partial charge in [-0.3, -0.25) is 0 Å². The predicted octanol–water partition coefficient (Wildman–Crippen LogP) is 0.0828. The standard InChI is InChI=1S/C8H7NO4/c10-7(11)5-1-2-6(8(12)13)9-4-3-5/h1-4,9H,(H,10,11)(H,12,13). The first-order chi connectivity index (χ1) is 6.11. The highest BCUT2D eigenvalue weighted by Gasteiger charge is 2.08. The van der Waals surface area contributed by atoms with Crippen LogP contribution >= 0.6 is 0 Å². The van der Waals surface area contributed by atoms with Crippen molar-refractivity contribution in [3.05, 3.63) is 35.7 Å². The van der Waals surface area contributed by atoms with E-state index in [4.69, 9.17) is 10.2 Å². The molecule has 1 heterocycles.